The van der Waals surface area contributed by atoms with Crippen LogP contribution >= 0.6 is 0 Å². The Hall–Kier alpha value is -1.68. The first-order chi connectivity index (χ1) is 12.1. The molecule has 6 nitrogen and oxygen atoms in total. The van der Waals surface area contributed by atoms with Crippen molar-refractivity contribution in [2.24, 2.45) is 5.92 Å². The first-order valence-electron chi connectivity index (χ1n) is 9.41. The van der Waals surface area contributed by atoms with Crippen molar-refractivity contribution in [1.82, 2.24) is 24.7 Å². The largest absolute Gasteiger partial charge is 0.311 e. The fraction of sp³-hybridized carbons (Fsp3) is 0.684. The van der Waals surface area contributed by atoms with Gasteiger partial charge < -0.3 is 10.2 Å². The highest BCUT2D eigenvalue weighted by atomic mass is 15.4. The van der Waals surface area contributed by atoms with Crippen molar-refractivity contribution in [1.29, 1.82) is 5.26 Å². The Morgan fingerprint density at radius 3 is 2.80 bits per heavy atom. The Kier molecular flexibility index (Phi) is 5.57. The van der Waals surface area contributed by atoms with Gasteiger partial charge >= 0.3 is 0 Å². The number of aromatic nitrogens is 2. The Balaban J connectivity index is 1.97. The lowest BCUT2D eigenvalue weighted by molar-refractivity contribution is 0.114. The molecule has 0 saturated carbocycles. The molecule has 2 aliphatic heterocycles. The number of nitrogens with zero attached hydrogens (tertiary/aromatic N) is 5. The molecule has 0 spiro atoms. The molecule has 0 aliphatic carbocycles. The topological polar surface area (TPSA) is 60.1 Å². The van der Waals surface area contributed by atoms with E-state index in [1.807, 2.05) is 0 Å². The monoisotopic (exact) mass is 342 g/mol. The summed E-state index contributed by atoms with van der Waals surface area (Å²) in [4.78, 5) is 9.62. The predicted octanol–water partition coefficient (Wildman–Crippen LogP) is 2.05. The van der Waals surface area contributed by atoms with Crippen molar-refractivity contribution in [3.8, 4) is 6.07 Å². The molecule has 0 radical (unpaired) electrons. The molecule has 1 aromatic rings. The van der Waals surface area contributed by atoms with Gasteiger partial charge in [0.1, 0.15) is 17.6 Å². The SMILES string of the molecule is CCNCc1nc2n(c1C#N)C(N1CC[C@@H](N(C)C)C1)C(CC)C=C2. The van der Waals surface area contributed by atoms with Gasteiger partial charge in [-0.25, -0.2) is 4.98 Å². The molecule has 1 N–H and O–H groups in total. The fourth-order valence-corrected chi connectivity index (χ4v) is 4.08. The van der Waals surface area contributed by atoms with Gasteiger partial charge in [-0.05, 0) is 39.6 Å². The standard InChI is InChI=1S/C19H30N6/c1-5-14-7-8-18-22-16(12-21-6-2)17(11-20)25(18)19(14)24-10-9-15(13-24)23(3)4/h7-8,14-15,19,21H,5-6,9-10,12-13H2,1-4H3/t14?,15-,19?/m1/s1. The molecule has 3 atom stereocenters. The molecule has 2 unspecified atom stereocenters. The fourth-order valence-electron chi connectivity index (χ4n) is 4.08. The molecule has 25 heavy (non-hydrogen) atoms. The third kappa shape index (κ3) is 3.37. The number of likely N-dealkylation sites (N-methyl/N-ethyl adjacent to an activating group) is 1. The molecule has 1 aromatic heterocycles. The third-order valence-corrected chi connectivity index (χ3v) is 5.57. The summed E-state index contributed by atoms with van der Waals surface area (Å²) in [6.45, 7) is 7.95. The second-order valence-corrected chi connectivity index (χ2v) is 7.27. The Bertz CT molecular complexity index is 668. The maximum atomic E-state index is 9.83. The molecule has 3 heterocycles. The average Bonchev–Trinajstić information content (AvgIpc) is 3.23. The van der Waals surface area contributed by atoms with Crippen molar-refractivity contribution in [2.75, 3.05) is 33.7 Å². The van der Waals surface area contributed by atoms with E-state index in [9.17, 15) is 5.26 Å². The molecule has 1 saturated heterocycles. The van der Waals surface area contributed by atoms with E-state index in [2.05, 4.69) is 65.8 Å². The first-order valence-corrected chi connectivity index (χ1v) is 9.41. The van der Waals surface area contributed by atoms with Crippen LogP contribution in [-0.4, -0.2) is 59.1 Å². The van der Waals surface area contributed by atoms with E-state index in [0.29, 0.717) is 18.5 Å². The van der Waals surface area contributed by atoms with Crippen LogP contribution in [0.5, 0.6) is 0 Å². The molecule has 2 aliphatic rings. The second kappa shape index (κ2) is 7.69. The number of likely N-dealkylation sites (tertiary alicyclic amines) is 1. The van der Waals surface area contributed by atoms with Crippen molar-refractivity contribution < 1.29 is 0 Å². The van der Waals surface area contributed by atoms with E-state index < -0.39 is 0 Å². The average molecular weight is 342 g/mol. The highest BCUT2D eigenvalue weighted by molar-refractivity contribution is 5.49. The van der Waals surface area contributed by atoms with Crippen LogP contribution in [0.4, 0.5) is 0 Å². The number of hydrogen-bond acceptors (Lipinski definition) is 5. The van der Waals surface area contributed by atoms with Gasteiger partial charge in [0.2, 0.25) is 0 Å². The number of rotatable bonds is 6. The smallest absolute Gasteiger partial charge is 0.146 e. The first kappa shape index (κ1) is 18.1. The normalized spacial score (nSPS) is 26.2. The minimum atomic E-state index is 0.201. The van der Waals surface area contributed by atoms with Gasteiger partial charge in [-0.15, -0.1) is 0 Å². The van der Waals surface area contributed by atoms with Gasteiger partial charge in [0.25, 0.3) is 0 Å². The van der Waals surface area contributed by atoms with E-state index in [4.69, 9.17) is 4.98 Å². The van der Waals surface area contributed by atoms with Crippen LogP contribution in [0.15, 0.2) is 6.08 Å². The Labute approximate surface area is 151 Å². The third-order valence-electron chi connectivity index (χ3n) is 5.57. The van der Waals surface area contributed by atoms with Crippen LogP contribution in [0.3, 0.4) is 0 Å². The highest BCUT2D eigenvalue weighted by Crippen LogP contribution is 2.37. The van der Waals surface area contributed by atoms with Gasteiger partial charge in [0.05, 0.1) is 11.9 Å². The molecule has 0 bridgehead atoms. The number of imidazole rings is 1. The second-order valence-electron chi connectivity index (χ2n) is 7.27. The molecular formula is C19H30N6. The minimum absolute atomic E-state index is 0.201. The maximum absolute atomic E-state index is 9.83. The van der Waals surface area contributed by atoms with Gasteiger partial charge in [-0.3, -0.25) is 9.47 Å². The summed E-state index contributed by atoms with van der Waals surface area (Å²) in [5, 5.41) is 13.1. The van der Waals surface area contributed by atoms with Crippen molar-refractivity contribution in [3.05, 3.63) is 23.3 Å². The lowest BCUT2D eigenvalue weighted by Crippen LogP contribution is -2.40. The van der Waals surface area contributed by atoms with Crippen LogP contribution in [-0.2, 0) is 6.54 Å². The van der Waals surface area contributed by atoms with Crippen LogP contribution in [0, 0.1) is 17.2 Å². The summed E-state index contributed by atoms with van der Waals surface area (Å²) in [6, 6.07) is 3.02. The Morgan fingerprint density at radius 2 is 2.20 bits per heavy atom. The van der Waals surface area contributed by atoms with Crippen LogP contribution in [0.1, 0.15) is 50.1 Å². The zero-order chi connectivity index (χ0) is 18.0. The van der Waals surface area contributed by atoms with E-state index in [1.54, 1.807) is 0 Å². The molecule has 0 aromatic carbocycles. The van der Waals surface area contributed by atoms with E-state index >= 15 is 0 Å². The maximum Gasteiger partial charge on any atom is 0.146 e. The summed E-state index contributed by atoms with van der Waals surface area (Å²) in [5.74, 6) is 1.34. The van der Waals surface area contributed by atoms with E-state index in [1.165, 1.54) is 6.42 Å². The predicted molar refractivity (Wildman–Crippen MR) is 99.8 cm³/mol. The summed E-state index contributed by atoms with van der Waals surface area (Å²) >= 11 is 0. The zero-order valence-corrected chi connectivity index (χ0v) is 15.9. The van der Waals surface area contributed by atoms with Gasteiger partial charge in [0, 0.05) is 31.6 Å². The number of nitriles is 1. The molecular weight excluding hydrogens is 312 g/mol. The summed E-state index contributed by atoms with van der Waals surface area (Å²) in [5.41, 5.74) is 1.59. The number of hydrogen-bond donors (Lipinski definition) is 1. The van der Waals surface area contributed by atoms with Crippen molar-refractivity contribution in [3.63, 3.8) is 0 Å². The van der Waals surface area contributed by atoms with Crippen LogP contribution < -0.4 is 5.32 Å². The molecule has 0 amide bonds. The summed E-state index contributed by atoms with van der Waals surface area (Å²) in [6.07, 6.45) is 6.83. The van der Waals surface area contributed by atoms with Gasteiger partial charge in [-0.2, -0.15) is 5.26 Å². The molecule has 3 rings (SSSR count). The highest BCUT2D eigenvalue weighted by Gasteiger charge is 2.37. The van der Waals surface area contributed by atoms with Gasteiger partial charge in [-0.1, -0.05) is 19.9 Å². The van der Waals surface area contributed by atoms with E-state index in [0.717, 1.165) is 43.3 Å². The summed E-state index contributed by atoms with van der Waals surface area (Å²) in [7, 11) is 4.31. The van der Waals surface area contributed by atoms with Crippen molar-refractivity contribution >= 4 is 6.08 Å². The summed E-state index contributed by atoms with van der Waals surface area (Å²) < 4.78 is 2.19. The number of fused-ring (bicyclic) bond motifs is 1. The lowest BCUT2D eigenvalue weighted by Gasteiger charge is -2.37. The van der Waals surface area contributed by atoms with Crippen LogP contribution in [0.25, 0.3) is 6.08 Å². The van der Waals surface area contributed by atoms with E-state index in [-0.39, 0.29) is 6.17 Å². The van der Waals surface area contributed by atoms with Crippen molar-refractivity contribution in [2.45, 2.75) is 45.4 Å². The molecule has 6 heteroatoms. The lowest BCUT2D eigenvalue weighted by atomic mass is 9.98. The molecule has 1 fully saturated rings. The number of nitrogens with one attached hydrogen (secondary N) is 1. The quantitative estimate of drug-likeness (QED) is 0.857. The zero-order valence-electron chi connectivity index (χ0n) is 15.9. The molecule has 136 valence electrons. The Morgan fingerprint density at radius 1 is 1.40 bits per heavy atom. The van der Waals surface area contributed by atoms with Gasteiger partial charge in [0.15, 0.2) is 0 Å². The minimum Gasteiger partial charge on any atom is -0.311 e. The van der Waals surface area contributed by atoms with Crippen LogP contribution in [0.2, 0.25) is 0 Å².